The number of aromatic nitrogens is 2. The van der Waals surface area contributed by atoms with Crippen molar-refractivity contribution in [2.24, 2.45) is 5.92 Å². The summed E-state index contributed by atoms with van der Waals surface area (Å²) in [4.78, 5) is 9.39. The molecule has 1 aromatic rings. The Hall–Kier alpha value is -1.37. The predicted molar refractivity (Wildman–Crippen MR) is 75.0 cm³/mol. The minimum Gasteiger partial charge on any atom is -0.393 e. The van der Waals surface area contributed by atoms with Crippen molar-refractivity contribution in [1.82, 2.24) is 9.97 Å². The van der Waals surface area contributed by atoms with Gasteiger partial charge in [0.1, 0.15) is 0 Å². The van der Waals surface area contributed by atoms with E-state index in [0.717, 1.165) is 25.2 Å². The van der Waals surface area contributed by atoms with Crippen LogP contribution in [0.15, 0.2) is 12.4 Å². The van der Waals surface area contributed by atoms with E-state index in [2.05, 4.69) is 9.97 Å². The lowest BCUT2D eigenvalue weighted by Crippen LogP contribution is -2.38. The van der Waals surface area contributed by atoms with Crippen LogP contribution < -0.4 is 4.90 Å². The van der Waals surface area contributed by atoms with Crippen molar-refractivity contribution in [2.75, 3.05) is 18.0 Å². The van der Waals surface area contributed by atoms with Gasteiger partial charge >= 0.3 is 6.18 Å². The van der Waals surface area contributed by atoms with Crippen LogP contribution in [-0.2, 0) is 6.18 Å². The van der Waals surface area contributed by atoms with Crippen LogP contribution >= 0.6 is 0 Å². The van der Waals surface area contributed by atoms with Crippen molar-refractivity contribution >= 4 is 5.95 Å². The van der Waals surface area contributed by atoms with Gasteiger partial charge in [0.25, 0.3) is 0 Å². The number of rotatable bonds is 2. The van der Waals surface area contributed by atoms with E-state index in [9.17, 15) is 18.3 Å². The van der Waals surface area contributed by atoms with E-state index in [1.807, 2.05) is 18.7 Å². The Kier molecular flexibility index (Phi) is 6.39. The Morgan fingerprint density at radius 1 is 1.19 bits per heavy atom. The molecule has 1 aliphatic heterocycles. The molecule has 0 spiro atoms. The van der Waals surface area contributed by atoms with Gasteiger partial charge in [0, 0.05) is 25.5 Å². The first-order chi connectivity index (χ1) is 9.88. The van der Waals surface area contributed by atoms with Gasteiger partial charge in [-0.15, -0.1) is 0 Å². The number of alkyl halides is 3. The van der Waals surface area contributed by atoms with Crippen molar-refractivity contribution < 1.29 is 18.3 Å². The standard InChI is InChI=1S/C12H16F3N3O.C2H6/c1-8(19)9-2-4-18(5-3-9)11-16-6-10(7-17-11)12(13,14)15;1-2/h6-9,19H,2-5H2,1H3;1-2H3. The van der Waals surface area contributed by atoms with Gasteiger partial charge in [0.2, 0.25) is 5.95 Å². The van der Waals surface area contributed by atoms with Gasteiger partial charge < -0.3 is 10.0 Å². The highest BCUT2D eigenvalue weighted by molar-refractivity contribution is 5.31. The van der Waals surface area contributed by atoms with E-state index in [1.54, 1.807) is 6.92 Å². The Morgan fingerprint density at radius 2 is 1.67 bits per heavy atom. The number of nitrogens with zero attached hydrogens (tertiary/aromatic N) is 3. The Labute approximate surface area is 123 Å². The molecule has 0 saturated carbocycles. The lowest BCUT2D eigenvalue weighted by atomic mass is 9.92. The number of anilines is 1. The molecule has 7 heteroatoms. The van der Waals surface area contributed by atoms with Gasteiger partial charge in [-0.05, 0) is 25.7 Å². The third-order valence-corrected chi connectivity index (χ3v) is 3.47. The number of halogens is 3. The molecule has 1 fully saturated rings. The smallest absolute Gasteiger partial charge is 0.393 e. The number of aliphatic hydroxyl groups is 1. The summed E-state index contributed by atoms with van der Waals surface area (Å²) < 4.78 is 37.1. The lowest BCUT2D eigenvalue weighted by molar-refractivity contribution is -0.138. The third-order valence-electron chi connectivity index (χ3n) is 3.47. The van der Waals surface area contributed by atoms with Crippen molar-refractivity contribution in [3.8, 4) is 0 Å². The fourth-order valence-electron chi connectivity index (χ4n) is 2.21. The quantitative estimate of drug-likeness (QED) is 0.912. The summed E-state index contributed by atoms with van der Waals surface area (Å²) in [7, 11) is 0. The van der Waals surface area contributed by atoms with Crippen molar-refractivity contribution in [1.29, 1.82) is 0 Å². The Bertz CT molecular complexity index is 412. The molecule has 0 radical (unpaired) electrons. The van der Waals surface area contributed by atoms with Crippen molar-refractivity contribution in [3.63, 3.8) is 0 Å². The Morgan fingerprint density at radius 3 is 2.05 bits per heavy atom. The predicted octanol–water partition coefficient (Wildman–Crippen LogP) is 3.12. The first kappa shape index (κ1) is 17.7. The second kappa shape index (κ2) is 7.59. The van der Waals surface area contributed by atoms with Crippen molar-refractivity contribution in [3.05, 3.63) is 18.0 Å². The molecular formula is C14H22F3N3O. The largest absolute Gasteiger partial charge is 0.419 e. The third kappa shape index (κ3) is 4.84. The number of hydrogen-bond acceptors (Lipinski definition) is 4. The number of piperidine rings is 1. The summed E-state index contributed by atoms with van der Waals surface area (Å²) in [5, 5.41) is 9.49. The fourth-order valence-corrected chi connectivity index (χ4v) is 2.21. The maximum atomic E-state index is 12.4. The summed E-state index contributed by atoms with van der Waals surface area (Å²) in [6.45, 7) is 7.07. The number of hydrogen-bond donors (Lipinski definition) is 1. The molecule has 21 heavy (non-hydrogen) atoms. The average Bonchev–Trinajstić information content (AvgIpc) is 2.49. The van der Waals surface area contributed by atoms with E-state index in [4.69, 9.17) is 0 Å². The molecular weight excluding hydrogens is 283 g/mol. The maximum absolute atomic E-state index is 12.4. The molecule has 0 aliphatic carbocycles. The van der Waals surface area contributed by atoms with E-state index in [-0.39, 0.29) is 12.0 Å². The van der Waals surface area contributed by atoms with Crippen LogP contribution in [0, 0.1) is 5.92 Å². The van der Waals surface area contributed by atoms with Gasteiger partial charge in [0.05, 0.1) is 11.7 Å². The average molecular weight is 305 g/mol. The topological polar surface area (TPSA) is 49.2 Å². The summed E-state index contributed by atoms with van der Waals surface area (Å²) in [6.07, 6.45) is -1.55. The minimum absolute atomic E-state index is 0.241. The highest BCUT2D eigenvalue weighted by Gasteiger charge is 2.32. The number of aliphatic hydroxyl groups excluding tert-OH is 1. The van der Waals surface area contributed by atoms with E-state index in [1.165, 1.54) is 0 Å². The monoisotopic (exact) mass is 305 g/mol. The van der Waals surface area contributed by atoms with Gasteiger partial charge in [0.15, 0.2) is 0 Å². The summed E-state index contributed by atoms with van der Waals surface area (Å²) >= 11 is 0. The molecule has 1 unspecified atom stereocenters. The molecule has 2 heterocycles. The summed E-state index contributed by atoms with van der Waals surface area (Å²) in [6, 6.07) is 0. The van der Waals surface area contributed by atoms with Crippen LogP contribution in [-0.4, -0.2) is 34.3 Å². The molecule has 0 aromatic carbocycles. The second-order valence-electron chi connectivity index (χ2n) is 4.83. The summed E-state index contributed by atoms with van der Waals surface area (Å²) in [5.74, 6) is 0.558. The zero-order valence-electron chi connectivity index (χ0n) is 12.6. The van der Waals surface area contributed by atoms with Crippen LogP contribution in [0.4, 0.5) is 19.1 Å². The van der Waals surface area contributed by atoms with Gasteiger partial charge in [-0.25, -0.2) is 9.97 Å². The van der Waals surface area contributed by atoms with Gasteiger partial charge in [-0.1, -0.05) is 13.8 Å². The molecule has 0 bridgehead atoms. The van der Waals surface area contributed by atoms with E-state index in [0.29, 0.717) is 19.0 Å². The SMILES string of the molecule is CC.CC(O)C1CCN(c2ncc(C(F)(F)F)cn2)CC1. The van der Waals surface area contributed by atoms with Crippen LogP contribution in [0.1, 0.15) is 39.2 Å². The zero-order valence-corrected chi connectivity index (χ0v) is 12.6. The van der Waals surface area contributed by atoms with Crippen LogP contribution in [0.3, 0.4) is 0 Å². The van der Waals surface area contributed by atoms with E-state index < -0.39 is 11.7 Å². The van der Waals surface area contributed by atoms with E-state index >= 15 is 0 Å². The molecule has 0 amide bonds. The molecule has 1 aliphatic rings. The lowest BCUT2D eigenvalue weighted by Gasteiger charge is -2.33. The minimum atomic E-state index is -4.40. The van der Waals surface area contributed by atoms with Crippen LogP contribution in [0.2, 0.25) is 0 Å². The first-order valence-electron chi connectivity index (χ1n) is 7.20. The molecule has 1 atom stereocenters. The molecule has 1 N–H and O–H groups in total. The normalized spacial score (nSPS) is 18.0. The molecule has 120 valence electrons. The second-order valence-corrected chi connectivity index (χ2v) is 4.83. The van der Waals surface area contributed by atoms with Gasteiger partial charge in [-0.2, -0.15) is 13.2 Å². The van der Waals surface area contributed by atoms with Crippen molar-refractivity contribution in [2.45, 2.75) is 45.9 Å². The highest BCUT2D eigenvalue weighted by Crippen LogP contribution is 2.29. The fraction of sp³-hybridized carbons (Fsp3) is 0.714. The molecule has 2 rings (SSSR count). The summed E-state index contributed by atoms with van der Waals surface area (Å²) in [5.41, 5.74) is -0.838. The van der Waals surface area contributed by atoms with Crippen LogP contribution in [0.5, 0.6) is 0 Å². The van der Waals surface area contributed by atoms with Crippen LogP contribution in [0.25, 0.3) is 0 Å². The maximum Gasteiger partial charge on any atom is 0.419 e. The Balaban J connectivity index is 0.00000106. The molecule has 4 nitrogen and oxygen atoms in total. The first-order valence-corrected chi connectivity index (χ1v) is 7.20. The highest BCUT2D eigenvalue weighted by atomic mass is 19.4. The molecule has 1 saturated heterocycles. The molecule has 1 aromatic heterocycles. The van der Waals surface area contributed by atoms with Gasteiger partial charge in [-0.3, -0.25) is 0 Å². The zero-order chi connectivity index (χ0) is 16.0.